The summed E-state index contributed by atoms with van der Waals surface area (Å²) in [6.45, 7) is 8.69. The van der Waals surface area contributed by atoms with Gasteiger partial charge in [-0.3, -0.25) is 0 Å². The van der Waals surface area contributed by atoms with Crippen molar-refractivity contribution in [3.8, 4) is 5.82 Å². The molecule has 1 amide bonds. The third-order valence-electron chi connectivity index (χ3n) is 6.66. The van der Waals surface area contributed by atoms with E-state index >= 15 is 0 Å². The molecule has 2 aliphatic rings. The van der Waals surface area contributed by atoms with Crippen LogP contribution in [0.2, 0.25) is 0 Å². The first-order valence-corrected chi connectivity index (χ1v) is 12.6. The summed E-state index contributed by atoms with van der Waals surface area (Å²) in [6, 6.07) is 8.48. The standard InChI is InChI=1S/C26H33FN8O2/c1-5-19-23(16-6-8-18(27)9-7-16)31-32-24(19)30-21-12-22(29-15-28-21)35-13-17-10-11-34(14-20(17)33-35)25(36)37-26(2,3)4/h6-9,12-13,15,19,23-24,31-32H,5,10-11,14H2,1-4H3,(H,28,29,30). The number of anilines is 1. The van der Waals surface area contributed by atoms with Gasteiger partial charge in [-0.2, -0.15) is 5.10 Å². The maximum Gasteiger partial charge on any atom is 0.410 e. The van der Waals surface area contributed by atoms with Crippen molar-refractivity contribution in [1.82, 2.24) is 35.5 Å². The minimum Gasteiger partial charge on any atom is -0.444 e. The van der Waals surface area contributed by atoms with E-state index < -0.39 is 5.60 Å². The van der Waals surface area contributed by atoms with Crippen LogP contribution in [0.5, 0.6) is 0 Å². The Hall–Kier alpha value is -3.57. The highest BCUT2D eigenvalue weighted by Gasteiger charge is 2.35. The molecule has 2 aliphatic heterocycles. The second kappa shape index (κ2) is 10.1. The van der Waals surface area contributed by atoms with Crippen molar-refractivity contribution in [2.45, 2.75) is 64.9 Å². The summed E-state index contributed by atoms with van der Waals surface area (Å²) in [6.07, 6.45) is 4.65. The average molecular weight is 509 g/mol. The maximum absolute atomic E-state index is 13.4. The molecular weight excluding hydrogens is 475 g/mol. The van der Waals surface area contributed by atoms with E-state index in [2.05, 4.69) is 33.1 Å². The molecule has 3 atom stereocenters. The van der Waals surface area contributed by atoms with Crippen LogP contribution in [0, 0.1) is 11.7 Å². The lowest BCUT2D eigenvalue weighted by Gasteiger charge is -2.29. The van der Waals surface area contributed by atoms with Crippen molar-refractivity contribution < 1.29 is 13.9 Å². The van der Waals surface area contributed by atoms with Gasteiger partial charge in [-0.05, 0) is 56.9 Å². The minimum absolute atomic E-state index is 0.0372. The van der Waals surface area contributed by atoms with Gasteiger partial charge in [0.15, 0.2) is 5.82 Å². The van der Waals surface area contributed by atoms with Crippen LogP contribution in [0.25, 0.3) is 5.82 Å². The van der Waals surface area contributed by atoms with E-state index in [9.17, 15) is 9.18 Å². The lowest BCUT2D eigenvalue weighted by Crippen LogP contribution is -2.39. The number of fused-ring (bicyclic) bond motifs is 1. The highest BCUT2D eigenvalue weighted by Crippen LogP contribution is 2.32. The second-order valence-corrected chi connectivity index (χ2v) is 10.5. The second-order valence-electron chi connectivity index (χ2n) is 10.5. The summed E-state index contributed by atoms with van der Waals surface area (Å²) in [5.74, 6) is 1.25. The SMILES string of the molecule is CCC1C(Nc2cc(-n3cc4c(n3)CN(C(=O)OC(C)(C)C)CC4)ncn2)NNC1c1ccc(F)cc1. The molecule has 5 rings (SSSR count). The van der Waals surface area contributed by atoms with E-state index in [0.717, 1.165) is 23.2 Å². The lowest BCUT2D eigenvalue weighted by atomic mass is 9.90. The number of nitrogens with one attached hydrogen (secondary N) is 3. The Bertz CT molecular complexity index is 1260. The number of amides is 1. The average Bonchev–Trinajstić information content (AvgIpc) is 3.47. The number of benzene rings is 1. The number of hydrogen-bond donors (Lipinski definition) is 3. The van der Waals surface area contributed by atoms with Crippen molar-refractivity contribution in [2.75, 3.05) is 11.9 Å². The molecular formula is C26H33FN8O2. The van der Waals surface area contributed by atoms with Crippen LogP contribution >= 0.6 is 0 Å². The van der Waals surface area contributed by atoms with Gasteiger partial charge in [-0.15, -0.1) is 0 Å². The van der Waals surface area contributed by atoms with Crippen molar-refractivity contribution in [3.63, 3.8) is 0 Å². The fourth-order valence-corrected chi connectivity index (χ4v) is 4.81. The number of ether oxygens (including phenoxy) is 1. The van der Waals surface area contributed by atoms with E-state index in [1.807, 2.05) is 45.2 Å². The minimum atomic E-state index is -0.541. The predicted molar refractivity (Wildman–Crippen MR) is 136 cm³/mol. The Morgan fingerprint density at radius 1 is 1.22 bits per heavy atom. The van der Waals surface area contributed by atoms with E-state index in [4.69, 9.17) is 9.84 Å². The van der Waals surface area contributed by atoms with Gasteiger partial charge in [0, 0.05) is 24.7 Å². The molecule has 1 aromatic carbocycles. The number of halogens is 1. The summed E-state index contributed by atoms with van der Waals surface area (Å²) >= 11 is 0. The Morgan fingerprint density at radius 2 is 2.00 bits per heavy atom. The molecule has 37 heavy (non-hydrogen) atoms. The highest BCUT2D eigenvalue weighted by molar-refractivity contribution is 5.68. The van der Waals surface area contributed by atoms with Crippen LogP contribution in [0.4, 0.5) is 15.0 Å². The first kappa shape index (κ1) is 25.1. The Morgan fingerprint density at radius 3 is 2.73 bits per heavy atom. The van der Waals surface area contributed by atoms with E-state index in [-0.39, 0.29) is 30.0 Å². The van der Waals surface area contributed by atoms with Crippen molar-refractivity contribution in [3.05, 3.63) is 65.5 Å². The topological polar surface area (TPSA) is 109 Å². The first-order valence-electron chi connectivity index (χ1n) is 12.6. The molecule has 3 aromatic rings. The molecule has 10 nitrogen and oxygen atoms in total. The molecule has 0 aliphatic carbocycles. The van der Waals surface area contributed by atoms with Crippen LogP contribution in [0.3, 0.4) is 0 Å². The highest BCUT2D eigenvalue weighted by atomic mass is 19.1. The van der Waals surface area contributed by atoms with Gasteiger partial charge in [0.1, 0.15) is 23.6 Å². The molecule has 3 N–H and O–H groups in total. The van der Waals surface area contributed by atoms with Crippen LogP contribution < -0.4 is 16.2 Å². The number of carbonyl (C=O) groups excluding carboxylic acids is 1. The quantitative estimate of drug-likeness (QED) is 0.479. The van der Waals surface area contributed by atoms with Crippen LogP contribution in [0.1, 0.15) is 57.0 Å². The van der Waals surface area contributed by atoms with Crippen molar-refractivity contribution in [2.24, 2.45) is 5.92 Å². The number of nitrogens with zero attached hydrogens (tertiary/aromatic N) is 5. The van der Waals surface area contributed by atoms with E-state index in [1.54, 1.807) is 9.58 Å². The normalized spacial score (nSPS) is 21.5. The molecule has 11 heteroatoms. The Balaban J connectivity index is 1.28. The van der Waals surface area contributed by atoms with Gasteiger partial charge < -0.3 is 15.0 Å². The predicted octanol–water partition coefficient (Wildman–Crippen LogP) is 3.71. The van der Waals surface area contributed by atoms with Gasteiger partial charge in [0.05, 0.1) is 24.4 Å². The summed E-state index contributed by atoms with van der Waals surface area (Å²) in [7, 11) is 0. The number of rotatable bonds is 5. The number of aromatic nitrogens is 4. The first-order chi connectivity index (χ1) is 17.7. The summed E-state index contributed by atoms with van der Waals surface area (Å²) < 4.78 is 20.6. The Labute approximate surface area is 215 Å². The van der Waals surface area contributed by atoms with Crippen LogP contribution in [0.15, 0.2) is 42.9 Å². The smallest absolute Gasteiger partial charge is 0.410 e. The molecule has 0 bridgehead atoms. The zero-order valence-electron chi connectivity index (χ0n) is 21.5. The molecule has 4 heterocycles. The zero-order valence-corrected chi connectivity index (χ0v) is 21.5. The van der Waals surface area contributed by atoms with Crippen LogP contribution in [-0.2, 0) is 17.7 Å². The molecule has 0 spiro atoms. The number of carbonyl (C=O) groups is 1. The van der Waals surface area contributed by atoms with Crippen molar-refractivity contribution >= 4 is 11.9 Å². The summed E-state index contributed by atoms with van der Waals surface area (Å²) in [4.78, 5) is 23.0. The zero-order chi connectivity index (χ0) is 26.2. The maximum atomic E-state index is 13.4. The van der Waals surface area contributed by atoms with E-state index in [1.165, 1.54) is 18.5 Å². The molecule has 0 radical (unpaired) electrons. The third-order valence-corrected chi connectivity index (χ3v) is 6.66. The third kappa shape index (κ3) is 5.57. The largest absolute Gasteiger partial charge is 0.444 e. The van der Waals surface area contributed by atoms with E-state index in [0.29, 0.717) is 31.1 Å². The number of hydrogen-bond acceptors (Lipinski definition) is 8. The summed E-state index contributed by atoms with van der Waals surface area (Å²) in [5.41, 5.74) is 9.05. The Kier molecular flexibility index (Phi) is 6.82. The monoisotopic (exact) mass is 508 g/mol. The number of hydrazine groups is 1. The fourth-order valence-electron chi connectivity index (χ4n) is 4.81. The molecule has 2 aromatic heterocycles. The fraction of sp³-hybridized carbons (Fsp3) is 0.462. The molecule has 1 fully saturated rings. The molecule has 0 saturated carbocycles. The molecule has 196 valence electrons. The molecule has 3 unspecified atom stereocenters. The van der Waals surface area contributed by atoms with Gasteiger partial charge in [0.2, 0.25) is 0 Å². The van der Waals surface area contributed by atoms with Crippen molar-refractivity contribution in [1.29, 1.82) is 0 Å². The van der Waals surface area contributed by atoms with Gasteiger partial charge in [0.25, 0.3) is 0 Å². The molecule has 1 saturated heterocycles. The van der Waals surface area contributed by atoms with Gasteiger partial charge in [-0.25, -0.2) is 34.7 Å². The van der Waals surface area contributed by atoms with Gasteiger partial charge in [-0.1, -0.05) is 19.1 Å². The lowest BCUT2D eigenvalue weighted by molar-refractivity contribution is 0.0221. The van der Waals surface area contributed by atoms with Gasteiger partial charge >= 0.3 is 6.09 Å². The van der Waals surface area contributed by atoms with Crippen LogP contribution in [-0.4, -0.2) is 49.1 Å². The summed E-state index contributed by atoms with van der Waals surface area (Å²) in [5, 5.41) is 8.16.